The average Bonchev–Trinajstić information content (AvgIpc) is 3.08. The fraction of sp³-hybridized carbons (Fsp3) is 0.348. The molecule has 0 bridgehead atoms. The average molecular weight is 518 g/mol. The highest BCUT2D eigenvalue weighted by Crippen LogP contribution is 2.52. The minimum Gasteiger partial charge on any atom is -0.495 e. The van der Waals surface area contributed by atoms with Gasteiger partial charge in [-0.25, -0.2) is 15.0 Å². The highest BCUT2D eigenvalue weighted by Gasteiger charge is 2.46. The molecule has 2 aliphatic rings. The van der Waals surface area contributed by atoms with Gasteiger partial charge in [0.15, 0.2) is 5.82 Å². The molecular weight excluding hydrogens is 493 g/mol. The van der Waals surface area contributed by atoms with Crippen molar-refractivity contribution in [3.8, 4) is 5.75 Å². The van der Waals surface area contributed by atoms with Gasteiger partial charge in [-0.1, -0.05) is 35.0 Å². The van der Waals surface area contributed by atoms with Gasteiger partial charge in [-0.2, -0.15) is 0 Å². The zero-order valence-corrected chi connectivity index (χ0v) is 20.9. The molecule has 0 amide bonds. The summed E-state index contributed by atoms with van der Waals surface area (Å²) in [4.78, 5) is 16.1. The molecule has 1 spiro atoms. The van der Waals surface area contributed by atoms with Crippen molar-refractivity contribution in [1.29, 1.82) is 0 Å². The standard InChI is InChI=1S/C23H25Cl2N7OS/c1-33-15-8-12-10-23(19(26)13(12)9-14(15)24)3-6-32(7-4-23)17-11-30-22(21(28)31-17)34-16-2-5-29-20(27)18(16)25/h2,5,8-9,11,19H,3-4,6-7,10,26H2,1H3,(H2,27,29)(H2,28,31). The van der Waals surface area contributed by atoms with E-state index in [1.54, 1.807) is 25.6 Å². The minimum atomic E-state index is -0.0551. The molecule has 0 radical (unpaired) electrons. The van der Waals surface area contributed by atoms with Gasteiger partial charge >= 0.3 is 0 Å². The Morgan fingerprint density at radius 1 is 1.15 bits per heavy atom. The fourth-order valence-corrected chi connectivity index (χ4v) is 6.20. The number of hydrogen-bond acceptors (Lipinski definition) is 9. The Morgan fingerprint density at radius 3 is 2.62 bits per heavy atom. The van der Waals surface area contributed by atoms with Crippen molar-refractivity contribution in [2.75, 3.05) is 36.6 Å². The van der Waals surface area contributed by atoms with E-state index >= 15 is 0 Å². The van der Waals surface area contributed by atoms with E-state index < -0.39 is 0 Å². The second-order valence-corrected chi connectivity index (χ2v) is 10.5. The normalized spacial score (nSPS) is 18.8. The Balaban J connectivity index is 1.29. The number of nitrogen functional groups attached to an aromatic ring is 2. The van der Waals surface area contributed by atoms with E-state index in [1.165, 1.54) is 17.3 Å². The van der Waals surface area contributed by atoms with Crippen molar-refractivity contribution in [2.24, 2.45) is 11.1 Å². The van der Waals surface area contributed by atoms with Crippen LogP contribution < -0.4 is 26.8 Å². The van der Waals surface area contributed by atoms with E-state index in [2.05, 4.69) is 19.9 Å². The van der Waals surface area contributed by atoms with Crippen LogP contribution in [-0.2, 0) is 6.42 Å². The second kappa shape index (κ2) is 8.96. The number of anilines is 3. The van der Waals surface area contributed by atoms with E-state index in [4.69, 9.17) is 45.1 Å². The molecule has 1 aliphatic carbocycles. The number of fused-ring (bicyclic) bond motifs is 1. The molecule has 1 fully saturated rings. The largest absolute Gasteiger partial charge is 0.495 e. The number of nitrogens with two attached hydrogens (primary N) is 3. The summed E-state index contributed by atoms with van der Waals surface area (Å²) in [6, 6.07) is 5.71. The predicted octanol–water partition coefficient (Wildman–Crippen LogP) is 4.35. The number of pyridine rings is 1. The van der Waals surface area contributed by atoms with Gasteiger partial charge in [0.25, 0.3) is 0 Å². The van der Waals surface area contributed by atoms with Gasteiger partial charge in [-0.3, -0.25) is 0 Å². The summed E-state index contributed by atoms with van der Waals surface area (Å²) in [6.45, 7) is 1.64. The van der Waals surface area contributed by atoms with Gasteiger partial charge in [0.2, 0.25) is 0 Å². The Kier molecular flexibility index (Phi) is 6.14. The lowest BCUT2D eigenvalue weighted by Crippen LogP contribution is -2.44. The first-order chi connectivity index (χ1) is 16.3. The molecule has 1 saturated heterocycles. The van der Waals surface area contributed by atoms with E-state index in [1.807, 2.05) is 12.1 Å². The maximum Gasteiger partial charge on any atom is 0.158 e. The number of piperidine rings is 1. The van der Waals surface area contributed by atoms with Crippen LogP contribution in [0.5, 0.6) is 5.75 Å². The van der Waals surface area contributed by atoms with Crippen LogP contribution in [0.15, 0.2) is 40.5 Å². The summed E-state index contributed by atoms with van der Waals surface area (Å²) < 4.78 is 5.40. The quantitative estimate of drug-likeness (QED) is 0.462. The van der Waals surface area contributed by atoms with E-state index in [0.29, 0.717) is 26.6 Å². The van der Waals surface area contributed by atoms with E-state index in [9.17, 15) is 0 Å². The number of ether oxygens (including phenoxy) is 1. The van der Waals surface area contributed by atoms with Gasteiger partial charge in [0, 0.05) is 30.2 Å². The topological polar surface area (TPSA) is 129 Å². The maximum absolute atomic E-state index is 6.75. The third kappa shape index (κ3) is 4.00. The second-order valence-electron chi connectivity index (χ2n) is 8.72. The van der Waals surface area contributed by atoms with Gasteiger partial charge < -0.3 is 26.8 Å². The van der Waals surface area contributed by atoms with Crippen LogP contribution in [0.3, 0.4) is 0 Å². The van der Waals surface area contributed by atoms with Crippen LogP contribution in [0.2, 0.25) is 10.0 Å². The Labute approximate surface area is 212 Å². The van der Waals surface area contributed by atoms with Crippen LogP contribution in [-0.4, -0.2) is 35.2 Å². The Hall–Kier alpha value is -2.46. The summed E-state index contributed by atoms with van der Waals surface area (Å²) in [5.74, 6) is 2.07. The molecule has 5 rings (SSSR count). The first-order valence-electron chi connectivity index (χ1n) is 10.9. The van der Waals surface area contributed by atoms with Crippen molar-refractivity contribution in [3.05, 3.63) is 51.8 Å². The number of benzene rings is 1. The number of nitrogens with zero attached hydrogens (tertiary/aromatic N) is 4. The summed E-state index contributed by atoms with van der Waals surface area (Å²) in [5.41, 5.74) is 21.1. The van der Waals surface area contributed by atoms with Crippen LogP contribution >= 0.6 is 35.0 Å². The SMILES string of the molecule is COc1cc2c(cc1Cl)C(N)C1(CCN(c3cnc(Sc4ccnc(N)c4Cl)c(N)n3)CC1)C2. The van der Waals surface area contributed by atoms with E-state index in [-0.39, 0.29) is 17.3 Å². The number of hydrogen-bond donors (Lipinski definition) is 3. The summed E-state index contributed by atoms with van der Waals surface area (Å²) in [7, 11) is 1.63. The maximum atomic E-state index is 6.75. The first kappa shape index (κ1) is 23.3. The minimum absolute atomic E-state index is 0.00131. The zero-order valence-electron chi connectivity index (χ0n) is 18.6. The molecule has 1 aliphatic heterocycles. The molecule has 6 N–H and O–H groups in total. The number of aromatic nitrogens is 3. The molecule has 178 valence electrons. The molecule has 1 unspecified atom stereocenters. The van der Waals surface area contributed by atoms with Gasteiger partial charge in [-0.15, -0.1) is 0 Å². The Bertz CT molecular complexity index is 1250. The van der Waals surface area contributed by atoms with Crippen molar-refractivity contribution in [1.82, 2.24) is 15.0 Å². The molecule has 0 saturated carbocycles. The molecule has 11 heteroatoms. The lowest BCUT2D eigenvalue weighted by molar-refractivity contribution is 0.187. The lowest BCUT2D eigenvalue weighted by atomic mass is 9.73. The van der Waals surface area contributed by atoms with Crippen molar-refractivity contribution in [3.63, 3.8) is 0 Å². The van der Waals surface area contributed by atoms with Crippen LogP contribution in [0.1, 0.15) is 30.0 Å². The van der Waals surface area contributed by atoms with Gasteiger partial charge in [-0.05, 0) is 54.0 Å². The highest BCUT2D eigenvalue weighted by molar-refractivity contribution is 7.99. The summed E-state index contributed by atoms with van der Waals surface area (Å²) in [6.07, 6.45) is 6.15. The summed E-state index contributed by atoms with van der Waals surface area (Å²) >= 11 is 13.9. The smallest absolute Gasteiger partial charge is 0.158 e. The van der Waals surface area contributed by atoms with Gasteiger partial charge in [0.05, 0.1) is 23.4 Å². The molecule has 34 heavy (non-hydrogen) atoms. The third-order valence-electron chi connectivity index (χ3n) is 6.87. The van der Waals surface area contributed by atoms with Crippen LogP contribution in [0, 0.1) is 5.41 Å². The molecule has 8 nitrogen and oxygen atoms in total. The number of rotatable bonds is 4. The molecule has 1 atom stereocenters. The zero-order chi connectivity index (χ0) is 24.0. The van der Waals surface area contributed by atoms with Crippen LogP contribution in [0.4, 0.5) is 17.5 Å². The molecule has 3 aromatic rings. The fourth-order valence-electron chi connectivity index (χ4n) is 4.94. The third-order valence-corrected chi connectivity index (χ3v) is 8.75. The van der Waals surface area contributed by atoms with Crippen molar-refractivity contribution >= 4 is 52.4 Å². The van der Waals surface area contributed by atoms with Crippen molar-refractivity contribution < 1.29 is 4.74 Å². The van der Waals surface area contributed by atoms with Crippen LogP contribution in [0.25, 0.3) is 0 Å². The first-order valence-corrected chi connectivity index (χ1v) is 12.5. The molecule has 2 aromatic heterocycles. The molecule has 1 aromatic carbocycles. The van der Waals surface area contributed by atoms with Crippen molar-refractivity contribution in [2.45, 2.75) is 35.2 Å². The number of methoxy groups -OCH3 is 1. The van der Waals surface area contributed by atoms with Gasteiger partial charge in [0.1, 0.15) is 22.4 Å². The summed E-state index contributed by atoms with van der Waals surface area (Å²) in [5, 5.41) is 1.56. The molecular formula is C23H25Cl2N7OS. The predicted molar refractivity (Wildman–Crippen MR) is 137 cm³/mol. The van der Waals surface area contributed by atoms with E-state index in [0.717, 1.165) is 48.6 Å². The lowest BCUT2D eigenvalue weighted by Gasteiger charge is -2.42. The monoisotopic (exact) mass is 517 g/mol. The number of halogens is 2. The molecule has 3 heterocycles. The highest BCUT2D eigenvalue weighted by atomic mass is 35.5. The Morgan fingerprint density at radius 2 is 1.91 bits per heavy atom.